The van der Waals surface area contributed by atoms with Crippen LogP contribution < -0.4 is 0 Å². The highest BCUT2D eigenvalue weighted by Crippen LogP contribution is 2.40. The first kappa shape index (κ1) is 24.4. The molecule has 0 saturated carbocycles. The fraction of sp³-hybridized carbons (Fsp3) is 0.538. The largest absolute Gasteiger partial charge is 0.364 e. The van der Waals surface area contributed by atoms with E-state index in [2.05, 4.69) is 56.1 Å². The van der Waals surface area contributed by atoms with Crippen LogP contribution in [-0.4, -0.2) is 55.2 Å². The van der Waals surface area contributed by atoms with Gasteiger partial charge in [0, 0.05) is 32.5 Å². The molecule has 0 unspecified atom stereocenters. The van der Waals surface area contributed by atoms with Crippen molar-refractivity contribution in [3.8, 4) is 0 Å². The number of amides is 1. The summed E-state index contributed by atoms with van der Waals surface area (Å²) in [4.78, 5) is 19.6. The molecule has 0 N–H and O–H groups in total. The molecule has 0 aliphatic carbocycles. The zero-order valence-electron chi connectivity index (χ0n) is 20.0. The van der Waals surface area contributed by atoms with Crippen LogP contribution in [0.15, 0.2) is 42.6 Å². The van der Waals surface area contributed by atoms with Gasteiger partial charge >= 0.3 is 0 Å². The summed E-state index contributed by atoms with van der Waals surface area (Å²) in [5.74, 6) is 0.348. The Balaban J connectivity index is 1.79. The smallest absolute Gasteiger partial charge is 0.259 e. The van der Waals surface area contributed by atoms with E-state index in [1.54, 1.807) is 19.1 Å². The molecular formula is C26H36N2O4. The summed E-state index contributed by atoms with van der Waals surface area (Å²) in [6, 6.07) is 12.7. The van der Waals surface area contributed by atoms with Gasteiger partial charge in [0.05, 0.1) is 6.04 Å². The van der Waals surface area contributed by atoms with Crippen LogP contribution >= 0.6 is 0 Å². The zero-order valence-corrected chi connectivity index (χ0v) is 20.0. The summed E-state index contributed by atoms with van der Waals surface area (Å²) >= 11 is 0. The highest BCUT2D eigenvalue weighted by atomic mass is 16.7. The van der Waals surface area contributed by atoms with Crippen LogP contribution in [-0.2, 0) is 38.3 Å². The topological polar surface area (TPSA) is 60.9 Å². The van der Waals surface area contributed by atoms with Gasteiger partial charge in [-0.2, -0.15) is 0 Å². The number of rotatable bonds is 12. The van der Waals surface area contributed by atoms with Crippen molar-refractivity contribution in [2.45, 2.75) is 58.1 Å². The van der Waals surface area contributed by atoms with Crippen LogP contribution in [0.4, 0.5) is 0 Å². The van der Waals surface area contributed by atoms with E-state index < -0.39 is 5.60 Å². The van der Waals surface area contributed by atoms with Crippen molar-refractivity contribution < 1.29 is 19.0 Å². The van der Waals surface area contributed by atoms with E-state index in [-0.39, 0.29) is 25.5 Å². The van der Waals surface area contributed by atoms with Crippen LogP contribution in [0, 0.1) is 12.8 Å². The third-order valence-electron chi connectivity index (χ3n) is 6.04. The Bertz CT molecular complexity index is 901. The fourth-order valence-corrected chi connectivity index (χ4v) is 4.54. The molecule has 1 saturated heterocycles. The average molecular weight is 441 g/mol. The number of aryl methyl sites for hydroxylation is 3. The molecule has 174 valence electrons. The van der Waals surface area contributed by atoms with Gasteiger partial charge in [-0.25, -0.2) is 0 Å². The molecule has 1 aliphatic rings. The predicted molar refractivity (Wildman–Crippen MR) is 124 cm³/mol. The second kappa shape index (κ2) is 11.0. The maximum absolute atomic E-state index is 13.2. The molecule has 32 heavy (non-hydrogen) atoms. The van der Waals surface area contributed by atoms with Crippen LogP contribution in [0.3, 0.4) is 0 Å². The van der Waals surface area contributed by atoms with Crippen molar-refractivity contribution in [3.63, 3.8) is 0 Å². The Kier molecular flexibility index (Phi) is 8.40. The van der Waals surface area contributed by atoms with Crippen molar-refractivity contribution in [2.24, 2.45) is 5.92 Å². The monoisotopic (exact) mass is 440 g/mol. The minimum Gasteiger partial charge on any atom is -0.364 e. The van der Waals surface area contributed by atoms with E-state index in [1.807, 2.05) is 12.3 Å². The lowest BCUT2D eigenvalue weighted by Gasteiger charge is -2.55. The van der Waals surface area contributed by atoms with E-state index in [0.717, 1.165) is 25.0 Å². The van der Waals surface area contributed by atoms with Gasteiger partial charge < -0.3 is 19.1 Å². The zero-order chi connectivity index (χ0) is 23.1. The first-order valence-corrected chi connectivity index (χ1v) is 11.3. The molecule has 0 radical (unpaired) electrons. The number of pyridine rings is 1. The number of likely N-dealkylation sites (tertiary alicyclic amines) is 1. The molecule has 2 atom stereocenters. The van der Waals surface area contributed by atoms with Gasteiger partial charge in [-0.3, -0.25) is 9.78 Å². The number of aromatic nitrogens is 1. The number of hydrogen-bond acceptors (Lipinski definition) is 5. The highest BCUT2D eigenvalue weighted by Gasteiger charge is 2.61. The van der Waals surface area contributed by atoms with E-state index in [1.165, 1.54) is 16.7 Å². The summed E-state index contributed by atoms with van der Waals surface area (Å²) in [6.45, 7) is 6.74. The van der Waals surface area contributed by atoms with E-state index in [9.17, 15) is 4.79 Å². The van der Waals surface area contributed by atoms with Crippen LogP contribution in [0.25, 0.3) is 0 Å². The molecule has 2 heterocycles. The number of nitrogens with zero attached hydrogens (tertiary/aromatic N) is 2. The maximum atomic E-state index is 13.2. The molecule has 0 bridgehead atoms. The molecule has 1 aliphatic heterocycles. The number of methoxy groups -OCH3 is 2. The Morgan fingerprint density at radius 1 is 1.09 bits per heavy atom. The predicted octanol–water partition coefficient (Wildman–Crippen LogP) is 3.94. The molecule has 6 nitrogen and oxygen atoms in total. The first-order valence-electron chi connectivity index (χ1n) is 11.3. The number of carbonyl (C=O) groups excluding carboxylic acids is 1. The molecule has 0 spiro atoms. The normalized spacial score (nSPS) is 20.6. The lowest BCUT2D eigenvalue weighted by atomic mass is 9.74. The van der Waals surface area contributed by atoms with Gasteiger partial charge in [0.25, 0.3) is 5.91 Å². The van der Waals surface area contributed by atoms with Gasteiger partial charge in [0.1, 0.15) is 13.5 Å². The maximum Gasteiger partial charge on any atom is 0.259 e. The number of β-lactam (4-membered cyclic amide) rings is 1. The SMILES string of the molecule is COCO[C@@]1(Cc2cc(CCc3cccc(C)c3)ccn2)C(=O)N(COC)[C@H]1CC(C)C. The molecule has 1 aromatic heterocycles. The highest BCUT2D eigenvalue weighted by molar-refractivity contribution is 5.93. The number of ether oxygens (including phenoxy) is 3. The first-order chi connectivity index (χ1) is 15.4. The van der Waals surface area contributed by atoms with Crippen molar-refractivity contribution in [1.29, 1.82) is 0 Å². The lowest BCUT2D eigenvalue weighted by molar-refractivity contribution is -0.235. The van der Waals surface area contributed by atoms with E-state index in [4.69, 9.17) is 14.2 Å². The molecular weight excluding hydrogens is 404 g/mol. The van der Waals surface area contributed by atoms with Crippen LogP contribution in [0.2, 0.25) is 0 Å². The van der Waals surface area contributed by atoms with Gasteiger partial charge in [-0.05, 0) is 55.4 Å². The second-order valence-electron chi connectivity index (χ2n) is 9.10. The number of hydrogen-bond donors (Lipinski definition) is 0. The Morgan fingerprint density at radius 2 is 1.84 bits per heavy atom. The van der Waals surface area contributed by atoms with E-state index in [0.29, 0.717) is 12.3 Å². The molecule has 1 amide bonds. The van der Waals surface area contributed by atoms with Crippen molar-refractivity contribution in [3.05, 3.63) is 65.0 Å². The van der Waals surface area contributed by atoms with E-state index >= 15 is 0 Å². The van der Waals surface area contributed by atoms with Crippen LogP contribution in [0.1, 0.15) is 42.7 Å². The van der Waals surface area contributed by atoms with Gasteiger partial charge in [-0.15, -0.1) is 0 Å². The van der Waals surface area contributed by atoms with Gasteiger partial charge in [-0.1, -0.05) is 43.7 Å². The third kappa shape index (κ3) is 5.55. The minimum atomic E-state index is -0.971. The standard InChI is InChI=1S/C26H36N2O4/c1-19(2)13-24-26(32-18-31-5,25(29)28(24)17-30-4)16-23-15-22(11-12-27-23)10-9-21-8-6-7-20(3)14-21/h6-8,11-12,14-15,19,24H,9-10,13,16-18H2,1-5H3/t24-,26+/m0/s1. The Hall–Kier alpha value is -2.28. The number of carbonyl (C=O) groups is 1. The summed E-state index contributed by atoms with van der Waals surface area (Å²) < 4.78 is 16.6. The van der Waals surface area contributed by atoms with Crippen LogP contribution in [0.5, 0.6) is 0 Å². The fourth-order valence-electron chi connectivity index (χ4n) is 4.54. The molecule has 1 fully saturated rings. The summed E-state index contributed by atoms with van der Waals surface area (Å²) in [6.07, 6.45) is 4.96. The molecule has 6 heteroatoms. The third-order valence-corrected chi connectivity index (χ3v) is 6.04. The average Bonchev–Trinajstić information content (AvgIpc) is 2.78. The molecule has 3 rings (SSSR count). The molecule has 1 aromatic carbocycles. The second-order valence-corrected chi connectivity index (χ2v) is 9.10. The van der Waals surface area contributed by atoms with Crippen molar-refractivity contribution in [2.75, 3.05) is 27.7 Å². The van der Waals surface area contributed by atoms with Crippen molar-refractivity contribution in [1.82, 2.24) is 9.88 Å². The summed E-state index contributed by atoms with van der Waals surface area (Å²) in [7, 11) is 3.18. The molecule has 2 aromatic rings. The quantitative estimate of drug-likeness (QED) is 0.370. The summed E-state index contributed by atoms with van der Waals surface area (Å²) in [5, 5.41) is 0. The van der Waals surface area contributed by atoms with Gasteiger partial charge in [0.2, 0.25) is 0 Å². The lowest BCUT2D eigenvalue weighted by Crippen LogP contribution is -2.76. The number of benzene rings is 1. The van der Waals surface area contributed by atoms with Gasteiger partial charge in [0.15, 0.2) is 5.60 Å². The summed E-state index contributed by atoms with van der Waals surface area (Å²) in [5.41, 5.74) is 3.70. The van der Waals surface area contributed by atoms with Crippen molar-refractivity contribution >= 4 is 5.91 Å². The minimum absolute atomic E-state index is 0.0611. The Morgan fingerprint density at radius 3 is 2.50 bits per heavy atom. The Labute approximate surface area is 191 Å².